The topological polar surface area (TPSA) is 34.1 Å². The molecule has 1 rings (SSSR count). The molecule has 0 amide bonds. The summed E-state index contributed by atoms with van der Waals surface area (Å²) in [6.07, 6.45) is 8.16. The number of ether oxygens (including phenoxy) is 1. The molecule has 0 aliphatic carbocycles. The Morgan fingerprint density at radius 1 is 1.24 bits per heavy atom. The third kappa shape index (κ3) is 6.27. The molecule has 96 valence electrons. The van der Waals surface area contributed by atoms with Gasteiger partial charge >= 0.3 is 0 Å². The van der Waals surface area contributed by atoms with Crippen molar-refractivity contribution >= 4 is 0 Å². The van der Waals surface area contributed by atoms with Gasteiger partial charge in [-0.2, -0.15) is 0 Å². The van der Waals surface area contributed by atoms with Gasteiger partial charge in [0, 0.05) is 18.8 Å². The Labute approximate surface area is 105 Å². The van der Waals surface area contributed by atoms with Gasteiger partial charge in [0.15, 0.2) is 0 Å². The number of pyridine rings is 1. The molecule has 0 radical (unpaired) electrons. The van der Waals surface area contributed by atoms with E-state index in [1.807, 2.05) is 19.2 Å². The maximum Gasteiger partial charge on any atom is 0.122 e. The van der Waals surface area contributed by atoms with Crippen molar-refractivity contribution in [2.24, 2.45) is 0 Å². The number of aromatic nitrogens is 1. The zero-order valence-electron chi connectivity index (χ0n) is 11.0. The van der Waals surface area contributed by atoms with E-state index in [0.29, 0.717) is 0 Å². The van der Waals surface area contributed by atoms with Crippen LogP contribution in [0.3, 0.4) is 0 Å². The van der Waals surface area contributed by atoms with Crippen LogP contribution in [0.15, 0.2) is 18.3 Å². The number of nitrogens with one attached hydrogen (secondary N) is 1. The smallest absolute Gasteiger partial charge is 0.122 e. The molecule has 0 saturated carbocycles. The second kappa shape index (κ2) is 8.99. The molecule has 0 saturated heterocycles. The summed E-state index contributed by atoms with van der Waals surface area (Å²) in [6.45, 7) is 3.83. The van der Waals surface area contributed by atoms with E-state index < -0.39 is 0 Å². The zero-order valence-corrected chi connectivity index (χ0v) is 11.0. The lowest BCUT2D eigenvalue weighted by Crippen LogP contribution is -2.07. The van der Waals surface area contributed by atoms with Gasteiger partial charge in [0.25, 0.3) is 0 Å². The number of hydrogen-bond donors (Lipinski definition) is 1. The largest absolute Gasteiger partial charge is 0.493 e. The van der Waals surface area contributed by atoms with E-state index in [1.165, 1.54) is 25.7 Å². The molecule has 0 fully saturated rings. The summed E-state index contributed by atoms with van der Waals surface area (Å²) in [5, 5.41) is 3.08. The summed E-state index contributed by atoms with van der Waals surface area (Å²) in [7, 11) is 1.92. The lowest BCUT2D eigenvalue weighted by Gasteiger charge is -2.07. The minimum absolute atomic E-state index is 0.785. The molecule has 1 heterocycles. The van der Waals surface area contributed by atoms with Gasteiger partial charge < -0.3 is 10.1 Å². The van der Waals surface area contributed by atoms with Crippen molar-refractivity contribution in [3.63, 3.8) is 0 Å². The van der Waals surface area contributed by atoms with Crippen LogP contribution in [-0.2, 0) is 6.54 Å². The molecule has 0 aromatic carbocycles. The van der Waals surface area contributed by atoms with E-state index >= 15 is 0 Å². The molecule has 0 aliphatic heterocycles. The Morgan fingerprint density at radius 2 is 2.06 bits per heavy atom. The van der Waals surface area contributed by atoms with Crippen LogP contribution in [0, 0.1) is 0 Å². The first-order valence-corrected chi connectivity index (χ1v) is 6.59. The van der Waals surface area contributed by atoms with E-state index in [0.717, 1.165) is 31.0 Å². The highest BCUT2D eigenvalue weighted by Crippen LogP contribution is 2.12. The molecule has 0 atom stereocenters. The van der Waals surface area contributed by atoms with Crippen molar-refractivity contribution in [1.29, 1.82) is 0 Å². The Balaban J connectivity index is 2.19. The minimum Gasteiger partial charge on any atom is -0.493 e. The van der Waals surface area contributed by atoms with E-state index in [-0.39, 0.29) is 0 Å². The number of rotatable bonds is 9. The van der Waals surface area contributed by atoms with Crippen LogP contribution in [0.4, 0.5) is 0 Å². The summed E-state index contributed by atoms with van der Waals surface area (Å²) >= 11 is 0. The fraction of sp³-hybridized carbons (Fsp3) is 0.643. The Kier molecular flexibility index (Phi) is 7.39. The molecular formula is C14H24N2O. The molecule has 1 aromatic rings. The van der Waals surface area contributed by atoms with Crippen LogP contribution in [0.5, 0.6) is 5.75 Å². The molecule has 0 spiro atoms. The highest BCUT2D eigenvalue weighted by molar-refractivity contribution is 5.22. The average molecular weight is 236 g/mol. The summed E-state index contributed by atoms with van der Waals surface area (Å²) < 4.78 is 5.71. The SMILES string of the molecule is CCCCCCCOc1ccnc(CNC)c1. The maximum atomic E-state index is 5.71. The number of hydrogen-bond acceptors (Lipinski definition) is 3. The fourth-order valence-corrected chi connectivity index (χ4v) is 1.72. The van der Waals surface area contributed by atoms with Gasteiger partial charge in [0.2, 0.25) is 0 Å². The first-order chi connectivity index (χ1) is 8.36. The van der Waals surface area contributed by atoms with Gasteiger partial charge in [-0.1, -0.05) is 32.6 Å². The van der Waals surface area contributed by atoms with Crippen molar-refractivity contribution in [1.82, 2.24) is 10.3 Å². The lowest BCUT2D eigenvalue weighted by molar-refractivity contribution is 0.304. The Hall–Kier alpha value is -1.09. The van der Waals surface area contributed by atoms with Crippen LogP contribution in [-0.4, -0.2) is 18.6 Å². The van der Waals surface area contributed by atoms with Crippen LogP contribution in [0.1, 0.15) is 44.7 Å². The first-order valence-electron chi connectivity index (χ1n) is 6.59. The molecule has 1 aromatic heterocycles. The first kappa shape index (κ1) is 14.0. The van der Waals surface area contributed by atoms with E-state index in [9.17, 15) is 0 Å². The third-order valence-corrected chi connectivity index (χ3v) is 2.66. The summed E-state index contributed by atoms with van der Waals surface area (Å²) in [5.74, 6) is 0.931. The predicted octanol–water partition coefficient (Wildman–Crippen LogP) is 3.15. The molecule has 0 bridgehead atoms. The normalized spacial score (nSPS) is 10.5. The quantitative estimate of drug-likeness (QED) is 0.669. The molecule has 3 nitrogen and oxygen atoms in total. The minimum atomic E-state index is 0.785. The standard InChI is InChI=1S/C14H24N2O/c1-3-4-5-6-7-10-17-14-8-9-16-13(11-14)12-15-2/h8-9,11,15H,3-7,10,12H2,1-2H3. The summed E-state index contributed by atoms with van der Waals surface area (Å²) in [5.41, 5.74) is 1.02. The number of nitrogens with zero attached hydrogens (tertiary/aromatic N) is 1. The van der Waals surface area contributed by atoms with Crippen LogP contribution in [0.2, 0.25) is 0 Å². The third-order valence-electron chi connectivity index (χ3n) is 2.66. The Bertz CT molecular complexity index is 302. The second-order valence-corrected chi connectivity index (χ2v) is 4.28. The number of unbranched alkanes of at least 4 members (excludes halogenated alkanes) is 4. The highest BCUT2D eigenvalue weighted by atomic mass is 16.5. The molecule has 0 unspecified atom stereocenters. The van der Waals surface area contributed by atoms with Crippen molar-refractivity contribution in [3.8, 4) is 5.75 Å². The Morgan fingerprint density at radius 3 is 2.82 bits per heavy atom. The maximum absolute atomic E-state index is 5.71. The van der Waals surface area contributed by atoms with E-state index in [2.05, 4.69) is 17.2 Å². The zero-order chi connectivity index (χ0) is 12.3. The summed E-state index contributed by atoms with van der Waals surface area (Å²) in [4.78, 5) is 4.26. The van der Waals surface area contributed by atoms with Gasteiger partial charge in [-0.25, -0.2) is 0 Å². The van der Waals surface area contributed by atoms with E-state index in [1.54, 1.807) is 6.20 Å². The molecule has 17 heavy (non-hydrogen) atoms. The molecule has 0 aliphatic rings. The van der Waals surface area contributed by atoms with Crippen molar-refractivity contribution < 1.29 is 4.74 Å². The monoisotopic (exact) mass is 236 g/mol. The van der Waals surface area contributed by atoms with Crippen LogP contribution >= 0.6 is 0 Å². The van der Waals surface area contributed by atoms with E-state index in [4.69, 9.17) is 4.74 Å². The second-order valence-electron chi connectivity index (χ2n) is 4.28. The fourth-order valence-electron chi connectivity index (χ4n) is 1.72. The van der Waals surface area contributed by atoms with Crippen molar-refractivity contribution in [3.05, 3.63) is 24.0 Å². The lowest BCUT2D eigenvalue weighted by atomic mass is 10.2. The van der Waals surface area contributed by atoms with Crippen LogP contribution in [0.25, 0.3) is 0 Å². The average Bonchev–Trinajstić information content (AvgIpc) is 2.35. The summed E-state index contributed by atoms with van der Waals surface area (Å²) in [6, 6.07) is 3.92. The van der Waals surface area contributed by atoms with Gasteiger partial charge in [0.05, 0.1) is 12.3 Å². The van der Waals surface area contributed by atoms with Gasteiger partial charge in [-0.15, -0.1) is 0 Å². The van der Waals surface area contributed by atoms with Gasteiger partial charge in [-0.3, -0.25) is 4.98 Å². The van der Waals surface area contributed by atoms with Gasteiger partial charge in [0.1, 0.15) is 5.75 Å². The van der Waals surface area contributed by atoms with Crippen molar-refractivity contribution in [2.75, 3.05) is 13.7 Å². The van der Waals surface area contributed by atoms with Crippen LogP contribution < -0.4 is 10.1 Å². The molecule has 1 N–H and O–H groups in total. The molecule has 3 heteroatoms. The predicted molar refractivity (Wildman–Crippen MR) is 71.3 cm³/mol. The highest BCUT2D eigenvalue weighted by Gasteiger charge is 1.97. The molecular weight excluding hydrogens is 212 g/mol. The van der Waals surface area contributed by atoms with Gasteiger partial charge in [-0.05, 0) is 19.5 Å². The van der Waals surface area contributed by atoms with Crippen molar-refractivity contribution in [2.45, 2.75) is 45.6 Å².